The first-order valence-electron chi connectivity index (χ1n) is 10.2. The van der Waals surface area contributed by atoms with Gasteiger partial charge in [-0.2, -0.15) is 0 Å². The van der Waals surface area contributed by atoms with Crippen LogP contribution in [0.25, 0.3) is 11.0 Å². The van der Waals surface area contributed by atoms with E-state index in [4.69, 9.17) is 18.6 Å². The number of nitrogens with zero attached hydrogens (tertiary/aromatic N) is 1. The van der Waals surface area contributed by atoms with Crippen molar-refractivity contribution in [1.82, 2.24) is 4.90 Å². The van der Waals surface area contributed by atoms with Crippen LogP contribution >= 0.6 is 0 Å². The van der Waals surface area contributed by atoms with Gasteiger partial charge in [0.25, 0.3) is 5.91 Å². The number of carbonyl (C=O) groups is 1. The first-order chi connectivity index (χ1) is 14.6. The van der Waals surface area contributed by atoms with Crippen molar-refractivity contribution in [1.29, 1.82) is 0 Å². The zero-order valence-corrected chi connectivity index (χ0v) is 17.7. The summed E-state index contributed by atoms with van der Waals surface area (Å²) < 4.78 is 22.6. The molecule has 0 aliphatic heterocycles. The topological polar surface area (TPSA) is 61.1 Å². The Morgan fingerprint density at radius 2 is 1.93 bits per heavy atom. The van der Waals surface area contributed by atoms with E-state index in [2.05, 4.69) is 0 Å². The second-order valence-corrected chi connectivity index (χ2v) is 7.56. The maximum absolute atomic E-state index is 12.6. The van der Waals surface area contributed by atoms with Gasteiger partial charge in [0.15, 0.2) is 18.1 Å². The van der Waals surface area contributed by atoms with Crippen molar-refractivity contribution in [3.05, 3.63) is 53.3 Å². The summed E-state index contributed by atoms with van der Waals surface area (Å²) in [7, 11) is 4.94. The van der Waals surface area contributed by atoms with E-state index in [0.29, 0.717) is 23.8 Å². The molecule has 6 heteroatoms. The number of fused-ring (bicyclic) bond motifs is 3. The van der Waals surface area contributed by atoms with Gasteiger partial charge < -0.3 is 23.5 Å². The number of carbonyl (C=O) groups excluding carboxylic acids is 1. The smallest absolute Gasteiger partial charge is 0.260 e. The largest absolute Gasteiger partial charge is 0.493 e. The Balaban J connectivity index is 1.42. The molecule has 0 radical (unpaired) electrons. The van der Waals surface area contributed by atoms with Crippen LogP contribution in [0, 0.1) is 0 Å². The Bertz CT molecular complexity index is 1060. The Morgan fingerprint density at radius 1 is 1.10 bits per heavy atom. The van der Waals surface area contributed by atoms with Crippen LogP contribution in [-0.4, -0.2) is 38.7 Å². The van der Waals surface area contributed by atoms with Gasteiger partial charge in [0.05, 0.1) is 14.2 Å². The minimum Gasteiger partial charge on any atom is -0.493 e. The average Bonchev–Trinajstić information content (AvgIpc) is 3.15. The average molecular weight is 409 g/mol. The van der Waals surface area contributed by atoms with Gasteiger partial charge >= 0.3 is 0 Å². The number of likely N-dealkylation sites (N-methyl/N-ethyl adjacent to an activating group) is 1. The molecule has 0 fully saturated rings. The lowest BCUT2D eigenvalue weighted by Crippen LogP contribution is -2.31. The van der Waals surface area contributed by atoms with E-state index >= 15 is 0 Å². The molecular weight excluding hydrogens is 382 g/mol. The molecule has 0 bridgehead atoms. The lowest BCUT2D eigenvalue weighted by molar-refractivity contribution is -0.132. The molecule has 3 aromatic rings. The molecule has 1 aliphatic carbocycles. The molecule has 1 aliphatic rings. The third kappa shape index (κ3) is 3.95. The van der Waals surface area contributed by atoms with Crippen LogP contribution in [0.5, 0.6) is 17.2 Å². The Hall–Kier alpha value is -3.15. The molecule has 1 heterocycles. The number of methoxy groups -OCH3 is 2. The summed E-state index contributed by atoms with van der Waals surface area (Å²) in [6.07, 6.45) is 4.39. The van der Waals surface area contributed by atoms with Crippen LogP contribution in [0.3, 0.4) is 0 Å². The molecule has 1 amide bonds. The fourth-order valence-electron chi connectivity index (χ4n) is 4.01. The van der Waals surface area contributed by atoms with E-state index in [1.54, 1.807) is 26.2 Å². The molecular formula is C24H27NO5. The van der Waals surface area contributed by atoms with Gasteiger partial charge in [-0.1, -0.05) is 12.1 Å². The van der Waals surface area contributed by atoms with Gasteiger partial charge in [-0.3, -0.25) is 4.79 Å². The monoisotopic (exact) mass is 409 g/mol. The summed E-state index contributed by atoms with van der Waals surface area (Å²) in [6, 6.07) is 11.4. The molecule has 0 atom stereocenters. The fourth-order valence-corrected chi connectivity index (χ4v) is 4.01. The molecule has 1 aromatic heterocycles. The van der Waals surface area contributed by atoms with Crippen molar-refractivity contribution in [3.8, 4) is 17.2 Å². The van der Waals surface area contributed by atoms with Gasteiger partial charge in [0.1, 0.15) is 17.1 Å². The predicted octanol–water partition coefficient (Wildman–Crippen LogP) is 4.37. The first kappa shape index (κ1) is 20.1. The number of benzene rings is 2. The predicted molar refractivity (Wildman–Crippen MR) is 114 cm³/mol. The van der Waals surface area contributed by atoms with Gasteiger partial charge in [-0.15, -0.1) is 0 Å². The van der Waals surface area contributed by atoms with Crippen LogP contribution in [0.1, 0.15) is 29.7 Å². The van der Waals surface area contributed by atoms with Crippen LogP contribution in [0.15, 0.2) is 40.8 Å². The SMILES string of the molecule is COc1cccc(CN(C)C(=O)COc2ccc3oc4c(c3c2)CCCC4)c1OC. The van der Waals surface area contributed by atoms with Crippen molar-refractivity contribution in [2.45, 2.75) is 32.2 Å². The lowest BCUT2D eigenvalue weighted by Gasteiger charge is -2.20. The summed E-state index contributed by atoms with van der Waals surface area (Å²) >= 11 is 0. The van der Waals surface area contributed by atoms with E-state index in [9.17, 15) is 4.79 Å². The standard InChI is InChI=1S/C24H27NO5/c1-25(14-16-7-6-10-22(27-2)24(16)28-3)23(26)15-29-17-11-12-21-19(13-17)18-8-4-5-9-20(18)30-21/h6-7,10-13H,4-5,8-9,14-15H2,1-3H3. The molecule has 0 saturated carbocycles. The number of amides is 1. The molecule has 4 rings (SSSR count). The van der Waals surface area contributed by atoms with E-state index in [0.717, 1.165) is 35.1 Å². The van der Waals surface area contributed by atoms with Gasteiger partial charge in [-0.05, 0) is 43.5 Å². The molecule has 6 nitrogen and oxygen atoms in total. The van der Waals surface area contributed by atoms with E-state index in [-0.39, 0.29) is 12.5 Å². The highest BCUT2D eigenvalue weighted by Gasteiger charge is 2.19. The van der Waals surface area contributed by atoms with Crippen molar-refractivity contribution in [3.63, 3.8) is 0 Å². The van der Waals surface area contributed by atoms with E-state index < -0.39 is 0 Å². The highest BCUT2D eigenvalue weighted by molar-refractivity contribution is 5.84. The number of hydrogen-bond acceptors (Lipinski definition) is 5. The van der Waals surface area contributed by atoms with E-state index in [1.165, 1.54) is 18.4 Å². The summed E-state index contributed by atoms with van der Waals surface area (Å²) in [5.41, 5.74) is 3.05. The third-order valence-corrected chi connectivity index (χ3v) is 5.61. The van der Waals surface area contributed by atoms with Crippen molar-refractivity contribution in [2.24, 2.45) is 0 Å². The number of aryl methyl sites for hydroxylation is 2. The quantitative estimate of drug-likeness (QED) is 0.580. The van der Waals surface area contributed by atoms with Gasteiger partial charge in [0.2, 0.25) is 0 Å². The van der Waals surface area contributed by atoms with Gasteiger partial charge in [0, 0.05) is 36.5 Å². The maximum Gasteiger partial charge on any atom is 0.260 e. The van der Waals surface area contributed by atoms with Crippen molar-refractivity contribution < 1.29 is 23.4 Å². The highest BCUT2D eigenvalue weighted by Crippen LogP contribution is 2.34. The zero-order valence-electron chi connectivity index (χ0n) is 17.7. The van der Waals surface area contributed by atoms with Crippen LogP contribution < -0.4 is 14.2 Å². The van der Waals surface area contributed by atoms with Crippen molar-refractivity contribution in [2.75, 3.05) is 27.9 Å². The summed E-state index contributed by atoms with van der Waals surface area (Å²) in [5, 5.41) is 1.10. The van der Waals surface area contributed by atoms with Crippen LogP contribution in [-0.2, 0) is 24.2 Å². The molecule has 0 spiro atoms. The van der Waals surface area contributed by atoms with Crippen molar-refractivity contribution >= 4 is 16.9 Å². The molecule has 0 N–H and O–H groups in total. The highest BCUT2D eigenvalue weighted by atomic mass is 16.5. The summed E-state index contributed by atoms with van der Waals surface area (Å²) in [6.45, 7) is 0.366. The number of hydrogen-bond donors (Lipinski definition) is 0. The Kier molecular flexibility index (Phi) is 5.84. The Morgan fingerprint density at radius 3 is 2.73 bits per heavy atom. The minimum atomic E-state index is -0.116. The number of rotatable bonds is 7. The molecule has 2 aromatic carbocycles. The lowest BCUT2D eigenvalue weighted by atomic mass is 9.96. The fraction of sp³-hybridized carbons (Fsp3) is 0.375. The zero-order chi connectivity index (χ0) is 21.1. The van der Waals surface area contributed by atoms with E-state index in [1.807, 2.05) is 36.4 Å². The number of para-hydroxylation sites is 1. The molecule has 30 heavy (non-hydrogen) atoms. The molecule has 158 valence electrons. The second kappa shape index (κ2) is 8.69. The van der Waals surface area contributed by atoms with Gasteiger partial charge in [-0.25, -0.2) is 0 Å². The minimum absolute atomic E-state index is 0.0334. The maximum atomic E-state index is 12.6. The normalized spacial score (nSPS) is 13.0. The first-order valence-corrected chi connectivity index (χ1v) is 10.2. The second-order valence-electron chi connectivity index (χ2n) is 7.56. The Labute approximate surface area is 176 Å². The number of ether oxygens (including phenoxy) is 3. The summed E-state index contributed by atoms with van der Waals surface area (Å²) in [5.74, 6) is 2.93. The molecule has 0 unspecified atom stereocenters. The van der Waals surface area contributed by atoms with Crippen LogP contribution in [0.2, 0.25) is 0 Å². The number of furan rings is 1. The summed E-state index contributed by atoms with van der Waals surface area (Å²) in [4.78, 5) is 14.3. The third-order valence-electron chi connectivity index (χ3n) is 5.61. The van der Waals surface area contributed by atoms with Crippen LogP contribution in [0.4, 0.5) is 0 Å². The molecule has 0 saturated heterocycles.